The summed E-state index contributed by atoms with van der Waals surface area (Å²) in [5.41, 5.74) is 0.130. The van der Waals surface area contributed by atoms with Gasteiger partial charge in [0.15, 0.2) is 6.73 Å². The number of nitrogens with zero attached hydrogens (tertiary/aromatic N) is 3. The maximum Gasteiger partial charge on any atom is 0.308 e. The molecule has 0 saturated carbocycles. The summed E-state index contributed by atoms with van der Waals surface area (Å²) in [6, 6.07) is 12.9. The molecule has 6 nitrogen and oxygen atoms in total. The van der Waals surface area contributed by atoms with E-state index in [1.807, 2.05) is 0 Å². The maximum absolute atomic E-state index is 12.8. The highest BCUT2D eigenvalue weighted by Gasteiger charge is 2.08. The number of rotatable bonds is 6. The zero-order valence-corrected chi connectivity index (χ0v) is 13.9. The van der Waals surface area contributed by atoms with Crippen molar-refractivity contribution < 1.29 is 13.9 Å². The van der Waals surface area contributed by atoms with Gasteiger partial charge in [-0.05, 0) is 36.4 Å². The van der Waals surface area contributed by atoms with Crippen molar-refractivity contribution in [1.82, 2.24) is 15.0 Å². The monoisotopic (exact) mass is 359 g/mol. The van der Waals surface area contributed by atoms with Crippen LogP contribution in [0.25, 0.3) is 10.9 Å². The molecule has 128 valence electrons. The number of carbonyl (C=O) groups is 1. The fraction of sp³-hybridized carbons (Fsp3) is 0.176. The van der Waals surface area contributed by atoms with Crippen molar-refractivity contribution in [3.05, 3.63) is 64.7 Å². The van der Waals surface area contributed by atoms with Gasteiger partial charge in [0, 0.05) is 10.6 Å². The van der Waals surface area contributed by atoms with Crippen molar-refractivity contribution in [2.45, 2.75) is 18.0 Å². The van der Waals surface area contributed by atoms with Crippen LogP contribution in [0.15, 0.2) is 58.2 Å². The van der Waals surface area contributed by atoms with E-state index in [2.05, 4.69) is 10.3 Å². The summed E-state index contributed by atoms with van der Waals surface area (Å²) in [4.78, 5) is 24.8. The van der Waals surface area contributed by atoms with Crippen LogP contribution in [-0.4, -0.2) is 26.7 Å². The van der Waals surface area contributed by atoms with Gasteiger partial charge in [0.05, 0.1) is 11.8 Å². The van der Waals surface area contributed by atoms with Crippen LogP contribution in [-0.2, 0) is 16.3 Å². The highest BCUT2D eigenvalue weighted by atomic mass is 32.2. The van der Waals surface area contributed by atoms with E-state index in [0.29, 0.717) is 16.7 Å². The van der Waals surface area contributed by atoms with Crippen LogP contribution in [0.2, 0.25) is 0 Å². The number of thioether (sulfide) groups is 1. The summed E-state index contributed by atoms with van der Waals surface area (Å²) in [7, 11) is 0. The number of carbonyl (C=O) groups excluding carboxylic acids is 1. The molecule has 2 aromatic carbocycles. The number of fused-ring (bicyclic) bond motifs is 1. The summed E-state index contributed by atoms with van der Waals surface area (Å²) < 4.78 is 18.9. The lowest BCUT2D eigenvalue weighted by Gasteiger charge is -2.06. The number of hydrogen-bond donors (Lipinski definition) is 0. The van der Waals surface area contributed by atoms with Crippen LogP contribution in [0.5, 0.6) is 0 Å². The van der Waals surface area contributed by atoms with Gasteiger partial charge >= 0.3 is 5.97 Å². The first kappa shape index (κ1) is 17.1. The highest BCUT2D eigenvalue weighted by molar-refractivity contribution is 7.99. The largest absolute Gasteiger partial charge is 0.442 e. The zero-order valence-electron chi connectivity index (χ0n) is 13.1. The van der Waals surface area contributed by atoms with E-state index in [1.54, 1.807) is 36.4 Å². The SMILES string of the molecule is O=C(CCSc1ccc(F)cc1)OCn1nnc2ccccc2c1=O. The van der Waals surface area contributed by atoms with Crippen molar-refractivity contribution in [3.8, 4) is 0 Å². The molecule has 3 aromatic rings. The molecule has 3 rings (SSSR count). The molecule has 0 spiro atoms. The Balaban J connectivity index is 1.51. The van der Waals surface area contributed by atoms with Crippen LogP contribution in [0, 0.1) is 5.82 Å². The molecule has 0 N–H and O–H groups in total. The Kier molecular flexibility index (Phi) is 5.39. The fourth-order valence-corrected chi connectivity index (χ4v) is 2.93. The van der Waals surface area contributed by atoms with E-state index in [9.17, 15) is 14.0 Å². The van der Waals surface area contributed by atoms with Gasteiger partial charge in [-0.25, -0.2) is 4.39 Å². The van der Waals surface area contributed by atoms with Crippen molar-refractivity contribution in [2.75, 3.05) is 5.75 Å². The third-order valence-corrected chi connectivity index (χ3v) is 4.38. The van der Waals surface area contributed by atoms with Gasteiger partial charge in [0.25, 0.3) is 5.56 Å². The Bertz CT molecular complexity index is 944. The number of esters is 1. The third-order valence-electron chi connectivity index (χ3n) is 3.37. The van der Waals surface area contributed by atoms with Gasteiger partial charge in [0.1, 0.15) is 11.3 Å². The molecule has 0 unspecified atom stereocenters. The fourth-order valence-electron chi connectivity index (χ4n) is 2.10. The van der Waals surface area contributed by atoms with Crippen LogP contribution in [0.3, 0.4) is 0 Å². The van der Waals surface area contributed by atoms with E-state index in [-0.39, 0.29) is 24.5 Å². The molecule has 25 heavy (non-hydrogen) atoms. The maximum atomic E-state index is 12.8. The molecule has 0 amide bonds. The third kappa shape index (κ3) is 4.42. The first-order chi connectivity index (χ1) is 12.1. The van der Waals surface area contributed by atoms with Crippen LogP contribution in [0.1, 0.15) is 6.42 Å². The topological polar surface area (TPSA) is 74.1 Å². The minimum atomic E-state index is -0.448. The number of hydrogen-bond acceptors (Lipinski definition) is 6. The van der Waals surface area contributed by atoms with Crippen LogP contribution in [0.4, 0.5) is 4.39 Å². The Morgan fingerprint density at radius 1 is 1.16 bits per heavy atom. The first-order valence-electron chi connectivity index (χ1n) is 7.50. The molecule has 0 radical (unpaired) electrons. The van der Waals surface area contributed by atoms with Crippen molar-refractivity contribution in [1.29, 1.82) is 0 Å². The summed E-state index contributed by atoms with van der Waals surface area (Å²) in [5.74, 6) is -0.259. The molecule has 0 saturated heterocycles. The lowest BCUT2D eigenvalue weighted by Crippen LogP contribution is -2.26. The van der Waals surface area contributed by atoms with Gasteiger partial charge in [0.2, 0.25) is 0 Å². The Morgan fingerprint density at radius 2 is 1.92 bits per heavy atom. The molecule has 0 atom stereocenters. The minimum absolute atomic E-state index is 0.164. The number of ether oxygens (including phenoxy) is 1. The van der Waals surface area contributed by atoms with E-state index >= 15 is 0 Å². The molecule has 1 heterocycles. The molecular formula is C17H14FN3O3S. The van der Waals surface area contributed by atoms with Gasteiger partial charge < -0.3 is 4.74 Å². The average Bonchev–Trinajstić information content (AvgIpc) is 2.63. The molecule has 0 fully saturated rings. The normalized spacial score (nSPS) is 10.8. The second kappa shape index (κ2) is 7.89. The second-order valence-electron chi connectivity index (χ2n) is 5.11. The zero-order chi connectivity index (χ0) is 17.6. The summed E-state index contributed by atoms with van der Waals surface area (Å²) in [6.07, 6.45) is 0.164. The van der Waals surface area contributed by atoms with Crippen molar-refractivity contribution in [2.24, 2.45) is 0 Å². The lowest BCUT2D eigenvalue weighted by atomic mass is 10.2. The minimum Gasteiger partial charge on any atom is -0.442 e. The highest BCUT2D eigenvalue weighted by Crippen LogP contribution is 2.18. The van der Waals surface area contributed by atoms with E-state index in [0.717, 1.165) is 9.58 Å². The Hall–Kier alpha value is -2.74. The smallest absolute Gasteiger partial charge is 0.308 e. The number of halogens is 1. The van der Waals surface area contributed by atoms with Gasteiger partial charge in [-0.15, -0.1) is 16.9 Å². The molecule has 0 bridgehead atoms. The standard InChI is InChI=1S/C17H14FN3O3S/c18-12-5-7-13(8-6-12)25-10-9-16(22)24-11-21-17(23)14-3-1-2-4-15(14)19-20-21/h1-8H,9-11H2. The van der Waals surface area contributed by atoms with Gasteiger partial charge in [-0.3, -0.25) is 9.59 Å². The van der Waals surface area contributed by atoms with E-state index < -0.39 is 5.97 Å². The second-order valence-corrected chi connectivity index (χ2v) is 6.28. The Morgan fingerprint density at radius 3 is 2.72 bits per heavy atom. The predicted octanol–water partition coefficient (Wildman–Crippen LogP) is 2.61. The van der Waals surface area contributed by atoms with Gasteiger partial charge in [-0.2, -0.15) is 4.68 Å². The average molecular weight is 359 g/mol. The van der Waals surface area contributed by atoms with Crippen molar-refractivity contribution in [3.63, 3.8) is 0 Å². The molecule has 8 heteroatoms. The van der Waals surface area contributed by atoms with Crippen LogP contribution < -0.4 is 5.56 Å². The summed E-state index contributed by atoms with van der Waals surface area (Å²) >= 11 is 1.42. The molecule has 0 aliphatic carbocycles. The van der Waals surface area contributed by atoms with E-state index in [4.69, 9.17) is 4.74 Å². The first-order valence-corrected chi connectivity index (χ1v) is 8.48. The van der Waals surface area contributed by atoms with Crippen molar-refractivity contribution >= 4 is 28.6 Å². The number of aromatic nitrogens is 3. The summed E-state index contributed by atoms with van der Waals surface area (Å²) in [6.45, 7) is -0.281. The predicted molar refractivity (Wildman–Crippen MR) is 91.6 cm³/mol. The Labute approximate surface area is 146 Å². The quantitative estimate of drug-likeness (QED) is 0.498. The molecular weight excluding hydrogens is 345 g/mol. The van der Waals surface area contributed by atoms with Crippen LogP contribution >= 0.6 is 11.8 Å². The van der Waals surface area contributed by atoms with E-state index in [1.165, 1.54) is 23.9 Å². The molecule has 0 aliphatic heterocycles. The lowest BCUT2D eigenvalue weighted by molar-refractivity contribution is -0.147. The van der Waals surface area contributed by atoms with Gasteiger partial charge in [-0.1, -0.05) is 17.3 Å². The molecule has 1 aromatic heterocycles. The summed E-state index contributed by atoms with van der Waals surface area (Å²) in [5, 5.41) is 8.08. The molecule has 0 aliphatic rings. The number of benzene rings is 2.